The van der Waals surface area contributed by atoms with Gasteiger partial charge in [0.25, 0.3) is 11.8 Å². The number of likely N-dealkylation sites (N-methyl/N-ethyl adjacent to an activating group) is 1. The Balaban J connectivity index is 1.04. The number of amides is 2. The van der Waals surface area contributed by atoms with Crippen LogP contribution in [0.4, 0.5) is 11.4 Å². The highest BCUT2D eigenvalue weighted by atomic mass is 35.5. The van der Waals surface area contributed by atoms with E-state index >= 15 is 0 Å². The number of rotatable bonds is 9. The second-order valence-electron chi connectivity index (χ2n) is 13.6. The lowest BCUT2D eigenvalue weighted by Gasteiger charge is -2.26. The summed E-state index contributed by atoms with van der Waals surface area (Å²) in [4.78, 5) is 52.2. The molecule has 268 valence electrons. The quantitative estimate of drug-likeness (QED) is 0.180. The van der Waals surface area contributed by atoms with Crippen LogP contribution in [0.25, 0.3) is 11.1 Å². The van der Waals surface area contributed by atoms with Crippen molar-refractivity contribution >= 4 is 40.8 Å². The Kier molecular flexibility index (Phi) is 9.71. The predicted molar refractivity (Wildman–Crippen MR) is 200 cm³/mol. The van der Waals surface area contributed by atoms with Gasteiger partial charge in [-0.15, -0.1) is 0 Å². The first-order chi connectivity index (χ1) is 25.0. The fourth-order valence-corrected chi connectivity index (χ4v) is 7.47. The summed E-state index contributed by atoms with van der Waals surface area (Å²) in [5, 5.41) is 15.6. The van der Waals surface area contributed by atoms with E-state index in [1.165, 1.54) is 0 Å². The number of halogens is 1. The molecular formula is C39H41ClN8O4. The third-order valence-corrected chi connectivity index (χ3v) is 10.6. The number of aromatic carboxylic acids is 1. The van der Waals surface area contributed by atoms with Crippen molar-refractivity contribution in [3.05, 3.63) is 117 Å². The Morgan fingerprint density at radius 3 is 2.00 bits per heavy atom. The molecule has 0 bridgehead atoms. The number of carboxylic acid groups (broad SMARTS) is 1. The van der Waals surface area contributed by atoms with Crippen LogP contribution in [0.1, 0.15) is 65.5 Å². The molecule has 12 nitrogen and oxygen atoms in total. The summed E-state index contributed by atoms with van der Waals surface area (Å²) < 4.78 is 3.75. The number of aromatic nitrogens is 4. The summed E-state index contributed by atoms with van der Waals surface area (Å²) in [7, 11) is 5.80. The van der Waals surface area contributed by atoms with Gasteiger partial charge < -0.3 is 29.8 Å². The van der Waals surface area contributed by atoms with E-state index in [0.717, 1.165) is 83.9 Å². The van der Waals surface area contributed by atoms with Crippen molar-refractivity contribution in [2.24, 2.45) is 14.1 Å². The first-order valence-corrected chi connectivity index (χ1v) is 17.7. The van der Waals surface area contributed by atoms with Crippen molar-refractivity contribution in [1.29, 1.82) is 0 Å². The summed E-state index contributed by atoms with van der Waals surface area (Å²) in [6, 6.07) is 18.1. The van der Waals surface area contributed by atoms with Crippen LogP contribution in [0.2, 0.25) is 5.02 Å². The number of carboxylic acids is 1. The van der Waals surface area contributed by atoms with E-state index in [-0.39, 0.29) is 17.4 Å². The Hall–Kier alpha value is -5.30. The third kappa shape index (κ3) is 6.84. The second-order valence-corrected chi connectivity index (χ2v) is 14.0. The highest BCUT2D eigenvalue weighted by molar-refractivity contribution is 6.36. The van der Waals surface area contributed by atoms with Crippen molar-refractivity contribution in [2.75, 3.05) is 37.3 Å². The average molecular weight is 721 g/mol. The van der Waals surface area contributed by atoms with E-state index < -0.39 is 5.97 Å². The maximum atomic E-state index is 13.6. The van der Waals surface area contributed by atoms with Crippen LogP contribution in [-0.2, 0) is 46.4 Å². The molecule has 5 aromatic rings. The molecule has 0 radical (unpaired) electrons. The number of nitrogens with one attached hydrogen (secondary N) is 2. The molecule has 0 aliphatic carbocycles. The molecule has 0 saturated carbocycles. The summed E-state index contributed by atoms with van der Waals surface area (Å²) in [6.07, 6.45) is 2.38. The maximum absolute atomic E-state index is 13.6. The molecule has 52 heavy (non-hydrogen) atoms. The number of fused-ring (bicyclic) bond motifs is 2. The van der Waals surface area contributed by atoms with Crippen LogP contribution < -0.4 is 10.6 Å². The Bertz CT molecular complexity index is 2210. The SMILES string of the molecule is Cc1c(NC(=O)c2nc3c(n2C)CCN(C)C3)cccc1-c1cccc(NC(=O)c2nc3c(n2C)CCN(CCc2ccc(C(=O)O)cc2)C3)c1Cl. The van der Waals surface area contributed by atoms with Gasteiger partial charge in [0.1, 0.15) is 0 Å². The predicted octanol–water partition coefficient (Wildman–Crippen LogP) is 5.57. The topological polar surface area (TPSA) is 138 Å². The largest absolute Gasteiger partial charge is 0.478 e. The first kappa shape index (κ1) is 35.1. The third-order valence-electron chi connectivity index (χ3n) is 10.2. The molecule has 0 fully saturated rings. The zero-order valence-electron chi connectivity index (χ0n) is 29.7. The second kappa shape index (κ2) is 14.4. The van der Waals surface area contributed by atoms with E-state index in [2.05, 4.69) is 32.5 Å². The van der Waals surface area contributed by atoms with Crippen LogP contribution in [0.15, 0.2) is 60.7 Å². The van der Waals surface area contributed by atoms with Gasteiger partial charge in [-0.2, -0.15) is 0 Å². The monoisotopic (exact) mass is 720 g/mol. The zero-order valence-corrected chi connectivity index (χ0v) is 30.4. The van der Waals surface area contributed by atoms with Crippen LogP contribution >= 0.6 is 11.6 Å². The minimum atomic E-state index is -0.935. The van der Waals surface area contributed by atoms with E-state index in [0.29, 0.717) is 41.1 Å². The fourth-order valence-electron chi connectivity index (χ4n) is 7.20. The van der Waals surface area contributed by atoms with Gasteiger partial charge in [0.15, 0.2) is 11.6 Å². The van der Waals surface area contributed by atoms with Crippen LogP contribution in [0.5, 0.6) is 0 Å². The lowest BCUT2D eigenvalue weighted by atomic mass is 9.98. The van der Waals surface area contributed by atoms with Crippen molar-refractivity contribution in [1.82, 2.24) is 28.9 Å². The highest BCUT2D eigenvalue weighted by Crippen LogP contribution is 2.38. The number of carbonyl (C=O) groups excluding carboxylic acids is 2. The molecule has 0 saturated heterocycles. The van der Waals surface area contributed by atoms with Gasteiger partial charge in [0.05, 0.1) is 27.7 Å². The van der Waals surface area contributed by atoms with Gasteiger partial charge in [-0.1, -0.05) is 48.0 Å². The molecule has 2 aromatic heterocycles. The maximum Gasteiger partial charge on any atom is 0.335 e. The minimum Gasteiger partial charge on any atom is -0.478 e. The summed E-state index contributed by atoms with van der Waals surface area (Å²) in [5.41, 5.74) is 8.74. The molecular weight excluding hydrogens is 680 g/mol. The van der Waals surface area contributed by atoms with Crippen molar-refractivity contribution < 1.29 is 19.5 Å². The molecule has 0 unspecified atom stereocenters. The van der Waals surface area contributed by atoms with Crippen molar-refractivity contribution in [3.8, 4) is 11.1 Å². The number of imidazole rings is 2. The van der Waals surface area contributed by atoms with Gasteiger partial charge in [-0.05, 0) is 61.3 Å². The van der Waals surface area contributed by atoms with Crippen LogP contribution in [0.3, 0.4) is 0 Å². The molecule has 2 aliphatic heterocycles. The molecule has 3 N–H and O–H groups in total. The number of hydrogen-bond acceptors (Lipinski definition) is 7. The number of anilines is 2. The smallest absolute Gasteiger partial charge is 0.335 e. The zero-order chi connectivity index (χ0) is 36.7. The standard InChI is InChI=1S/C39H41ClN8O4/c1-23-26(7-5-9-28(23)43-37(49)35-41-30-21-45(2)18-16-32(30)46(35)3)27-8-6-10-29(34(27)40)44-38(50)36-42-31-22-48(20-17-33(31)47(36)4)19-15-24-11-13-25(14-12-24)39(51)52/h5-14H,15-22H2,1-4H3,(H,43,49)(H,44,50)(H,51,52). The number of benzene rings is 3. The molecule has 4 heterocycles. The number of carbonyl (C=O) groups is 3. The highest BCUT2D eigenvalue weighted by Gasteiger charge is 2.27. The Labute approximate surface area is 307 Å². The fraction of sp³-hybridized carbons (Fsp3) is 0.308. The van der Waals surface area contributed by atoms with E-state index in [4.69, 9.17) is 21.7 Å². The van der Waals surface area contributed by atoms with Crippen LogP contribution in [0, 0.1) is 6.92 Å². The van der Waals surface area contributed by atoms with Crippen LogP contribution in [-0.4, -0.2) is 78.5 Å². The molecule has 7 rings (SSSR count). The average Bonchev–Trinajstić information content (AvgIpc) is 3.64. The molecule has 2 aliphatic rings. The lowest BCUT2D eigenvalue weighted by molar-refractivity contribution is 0.0696. The normalized spacial score (nSPS) is 14.5. The summed E-state index contributed by atoms with van der Waals surface area (Å²) in [5.74, 6) is -0.888. The van der Waals surface area contributed by atoms with Gasteiger partial charge in [-0.3, -0.25) is 14.5 Å². The van der Waals surface area contributed by atoms with Crippen molar-refractivity contribution in [3.63, 3.8) is 0 Å². The van der Waals surface area contributed by atoms with E-state index in [9.17, 15) is 14.4 Å². The van der Waals surface area contributed by atoms with Gasteiger partial charge in [0, 0.05) is 82.3 Å². The molecule has 13 heteroatoms. The lowest BCUT2D eigenvalue weighted by Crippen LogP contribution is -2.32. The molecule has 2 amide bonds. The summed E-state index contributed by atoms with van der Waals surface area (Å²) in [6.45, 7) is 5.81. The molecule has 0 atom stereocenters. The molecule has 3 aromatic carbocycles. The summed E-state index contributed by atoms with van der Waals surface area (Å²) >= 11 is 6.98. The van der Waals surface area contributed by atoms with Crippen molar-refractivity contribution in [2.45, 2.75) is 39.3 Å². The van der Waals surface area contributed by atoms with Gasteiger partial charge >= 0.3 is 5.97 Å². The number of nitrogens with zero attached hydrogens (tertiary/aromatic N) is 6. The van der Waals surface area contributed by atoms with E-state index in [1.807, 2.05) is 72.6 Å². The Morgan fingerprint density at radius 1 is 0.769 bits per heavy atom. The van der Waals surface area contributed by atoms with Gasteiger partial charge in [-0.25, -0.2) is 14.8 Å². The van der Waals surface area contributed by atoms with Gasteiger partial charge in [0.2, 0.25) is 0 Å². The first-order valence-electron chi connectivity index (χ1n) is 17.3. The number of hydrogen-bond donors (Lipinski definition) is 3. The van der Waals surface area contributed by atoms with E-state index in [1.54, 1.807) is 18.2 Å². The minimum absolute atomic E-state index is 0.275. The Morgan fingerprint density at radius 2 is 1.35 bits per heavy atom. The molecule has 0 spiro atoms.